The van der Waals surface area contributed by atoms with Crippen LogP contribution in [0.1, 0.15) is 63.6 Å². The van der Waals surface area contributed by atoms with Gasteiger partial charge in [0.25, 0.3) is 0 Å². The molecule has 136 valence electrons. The Kier molecular flexibility index (Phi) is 7.39. The molecule has 0 bridgehead atoms. The highest BCUT2D eigenvalue weighted by Crippen LogP contribution is 2.40. The van der Waals surface area contributed by atoms with Gasteiger partial charge in [-0.15, -0.1) is 0 Å². The first-order valence-electron chi connectivity index (χ1n) is 8.37. The number of carbonyl (C=O) groups excluding carboxylic acids is 1. The van der Waals surface area contributed by atoms with Gasteiger partial charge in [0.2, 0.25) is 0 Å². The minimum absolute atomic E-state index is 0.0249. The smallest absolute Gasteiger partial charge is 0.373 e. The van der Waals surface area contributed by atoms with Gasteiger partial charge >= 0.3 is 5.97 Å². The highest BCUT2D eigenvalue weighted by atomic mass is 17.2. The van der Waals surface area contributed by atoms with Crippen molar-refractivity contribution in [3.63, 3.8) is 0 Å². The van der Waals surface area contributed by atoms with Crippen molar-refractivity contribution in [1.82, 2.24) is 0 Å². The van der Waals surface area contributed by atoms with E-state index in [1.54, 1.807) is 38.1 Å². The number of aliphatic hydroxyl groups excluding tert-OH is 2. The second-order valence-electron chi connectivity index (χ2n) is 7.55. The third-order valence-electron chi connectivity index (χ3n) is 4.11. The maximum absolute atomic E-state index is 12.3. The van der Waals surface area contributed by atoms with Crippen LogP contribution in [0.3, 0.4) is 0 Å². The fourth-order valence-electron chi connectivity index (χ4n) is 2.61. The Bertz CT molecular complexity index is 536. The number of hydrogen-bond donors (Lipinski definition) is 2. The van der Waals surface area contributed by atoms with Crippen LogP contribution in [-0.4, -0.2) is 28.9 Å². The Morgan fingerprint density at radius 2 is 1.71 bits per heavy atom. The lowest BCUT2D eigenvalue weighted by molar-refractivity contribution is -0.247. The minimum Gasteiger partial charge on any atom is -0.392 e. The van der Waals surface area contributed by atoms with Gasteiger partial charge in [0.1, 0.15) is 0 Å². The molecule has 24 heavy (non-hydrogen) atoms. The molecule has 0 heterocycles. The van der Waals surface area contributed by atoms with Crippen LogP contribution in [0, 0.1) is 17.3 Å². The van der Waals surface area contributed by atoms with Gasteiger partial charge in [0.05, 0.1) is 24.4 Å². The molecule has 5 nitrogen and oxygen atoms in total. The van der Waals surface area contributed by atoms with Gasteiger partial charge < -0.3 is 10.2 Å². The lowest BCUT2D eigenvalue weighted by Crippen LogP contribution is -2.39. The Morgan fingerprint density at radius 1 is 1.12 bits per heavy atom. The normalized spacial score (nSPS) is 14.8. The highest BCUT2D eigenvalue weighted by molar-refractivity contribution is 5.90. The average molecular weight is 338 g/mol. The fraction of sp³-hybridized carbons (Fsp3) is 0.632. The summed E-state index contributed by atoms with van der Waals surface area (Å²) in [6.45, 7) is 11.5. The van der Waals surface area contributed by atoms with Crippen molar-refractivity contribution in [2.75, 3.05) is 6.61 Å². The highest BCUT2D eigenvalue weighted by Gasteiger charge is 2.39. The van der Waals surface area contributed by atoms with Crippen LogP contribution >= 0.6 is 0 Å². The summed E-state index contributed by atoms with van der Waals surface area (Å²) in [4.78, 5) is 22.0. The maximum Gasteiger partial charge on any atom is 0.373 e. The Labute approximate surface area is 144 Å². The molecule has 2 unspecified atom stereocenters. The predicted molar refractivity (Wildman–Crippen MR) is 92.2 cm³/mol. The third-order valence-corrected chi connectivity index (χ3v) is 4.11. The van der Waals surface area contributed by atoms with Crippen LogP contribution in [0.5, 0.6) is 0 Å². The van der Waals surface area contributed by atoms with Crippen molar-refractivity contribution >= 4 is 5.97 Å². The Balaban J connectivity index is 3.02. The van der Waals surface area contributed by atoms with E-state index >= 15 is 0 Å². The van der Waals surface area contributed by atoms with E-state index < -0.39 is 23.6 Å². The summed E-state index contributed by atoms with van der Waals surface area (Å²) < 4.78 is 0. The predicted octanol–water partition coefficient (Wildman–Crippen LogP) is 3.51. The van der Waals surface area contributed by atoms with Gasteiger partial charge in [0, 0.05) is 5.41 Å². The Morgan fingerprint density at radius 3 is 2.25 bits per heavy atom. The minimum atomic E-state index is -1.02. The van der Waals surface area contributed by atoms with Crippen LogP contribution in [0.4, 0.5) is 0 Å². The van der Waals surface area contributed by atoms with E-state index in [0.717, 1.165) is 0 Å². The molecule has 1 aromatic carbocycles. The monoisotopic (exact) mass is 338 g/mol. The fourth-order valence-corrected chi connectivity index (χ4v) is 2.61. The molecule has 0 fully saturated rings. The van der Waals surface area contributed by atoms with Gasteiger partial charge in [-0.1, -0.05) is 59.7 Å². The number of rotatable bonds is 8. The first kappa shape index (κ1) is 20.6. The molecule has 0 saturated heterocycles. The molecule has 0 aromatic heterocycles. The topological polar surface area (TPSA) is 76.0 Å². The third kappa shape index (κ3) is 5.03. The molecule has 0 amide bonds. The van der Waals surface area contributed by atoms with E-state index in [1.165, 1.54) is 0 Å². The molecule has 0 radical (unpaired) electrons. The standard InChI is InChI=1S/C19H30O5/c1-12(2)11-23-24-18(22)15-10-8-7-9-14(15)17(21)19(5,6)16(20)13(3)4/h7-10,12-13,16-17,20-21H,11H2,1-6H3. The first-order valence-corrected chi connectivity index (χ1v) is 8.37. The van der Waals surface area contributed by atoms with E-state index in [-0.39, 0.29) is 17.4 Å². The zero-order chi connectivity index (χ0) is 18.5. The SMILES string of the molecule is CC(C)COOC(=O)c1ccccc1C(O)C(C)(C)C(O)C(C)C. The molecule has 0 aliphatic carbocycles. The van der Waals surface area contributed by atoms with Gasteiger partial charge in [0.15, 0.2) is 0 Å². The molecule has 0 spiro atoms. The second kappa shape index (κ2) is 8.60. The summed E-state index contributed by atoms with van der Waals surface area (Å²) in [5.74, 6) is -0.443. The van der Waals surface area contributed by atoms with E-state index in [2.05, 4.69) is 0 Å². The van der Waals surface area contributed by atoms with Crippen molar-refractivity contribution in [3.8, 4) is 0 Å². The summed E-state index contributed by atoms with van der Waals surface area (Å²) in [7, 11) is 0. The molecule has 0 saturated carbocycles. The maximum atomic E-state index is 12.3. The Hall–Kier alpha value is -1.43. The van der Waals surface area contributed by atoms with Gasteiger partial charge in [-0.25, -0.2) is 4.79 Å². The summed E-state index contributed by atoms with van der Waals surface area (Å²) >= 11 is 0. The molecule has 0 aliphatic rings. The zero-order valence-electron chi connectivity index (χ0n) is 15.4. The zero-order valence-corrected chi connectivity index (χ0v) is 15.4. The van der Waals surface area contributed by atoms with Crippen LogP contribution < -0.4 is 0 Å². The van der Waals surface area contributed by atoms with E-state index in [1.807, 2.05) is 27.7 Å². The number of carbonyl (C=O) groups is 1. The quantitative estimate of drug-likeness (QED) is 0.560. The molecule has 1 aromatic rings. The second-order valence-corrected chi connectivity index (χ2v) is 7.55. The first-order chi connectivity index (χ1) is 11.1. The van der Waals surface area contributed by atoms with Gasteiger partial charge in [-0.2, -0.15) is 4.89 Å². The lowest BCUT2D eigenvalue weighted by atomic mass is 9.73. The van der Waals surface area contributed by atoms with E-state index in [4.69, 9.17) is 9.78 Å². The van der Waals surface area contributed by atoms with Crippen LogP contribution in [0.15, 0.2) is 24.3 Å². The summed E-state index contributed by atoms with van der Waals surface area (Å²) in [6, 6.07) is 6.68. The molecular weight excluding hydrogens is 308 g/mol. The molecule has 0 aliphatic heterocycles. The molecule has 1 rings (SSSR count). The summed E-state index contributed by atoms with van der Waals surface area (Å²) in [6.07, 6.45) is -1.75. The molecule has 2 atom stereocenters. The van der Waals surface area contributed by atoms with Crippen molar-refractivity contribution < 1.29 is 24.8 Å². The summed E-state index contributed by atoms with van der Waals surface area (Å²) in [5, 5.41) is 21.2. The average Bonchev–Trinajstić information content (AvgIpc) is 2.52. The van der Waals surface area contributed by atoms with Crippen LogP contribution in [-0.2, 0) is 9.78 Å². The van der Waals surface area contributed by atoms with Crippen LogP contribution in [0.2, 0.25) is 0 Å². The van der Waals surface area contributed by atoms with Gasteiger partial charge in [-0.05, 0) is 23.5 Å². The van der Waals surface area contributed by atoms with E-state index in [9.17, 15) is 15.0 Å². The van der Waals surface area contributed by atoms with Crippen molar-refractivity contribution in [2.45, 2.75) is 53.8 Å². The number of aliphatic hydroxyl groups is 2. The largest absolute Gasteiger partial charge is 0.392 e. The molecule has 5 heteroatoms. The number of benzene rings is 1. The lowest BCUT2D eigenvalue weighted by Gasteiger charge is -2.38. The van der Waals surface area contributed by atoms with Crippen molar-refractivity contribution in [3.05, 3.63) is 35.4 Å². The van der Waals surface area contributed by atoms with Gasteiger partial charge in [-0.3, -0.25) is 4.89 Å². The van der Waals surface area contributed by atoms with Crippen LogP contribution in [0.25, 0.3) is 0 Å². The van der Waals surface area contributed by atoms with E-state index in [0.29, 0.717) is 12.2 Å². The molecular formula is C19H30O5. The molecule has 2 N–H and O–H groups in total. The van der Waals surface area contributed by atoms with Crippen molar-refractivity contribution in [1.29, 1.82) is 0 Å². The van der Waals surface area contributed by atoms with Crippen molar-refractivity contribution in [2.24, 2.45) is 17.3 Å². The number of hydrogen-bond acceptors (Lipinski definition) is 5. The summed E-state index contributed by atoms with van der Waals surface area (Å²) in [5.41, 5.74) is -0.179.